The fourth-order valence-electron chi connectivity index (χ4n) is 6.73. The van der Waals surface area contributed by atoms with Crippen molar-refractivity contribution in [3.05, 3.63) is 40.4 Å². The summed E-state index contributed by atoms with van der Waals surface area (Å²) in [6, 6.07) is 0. The van der Waals surface area contributed by atoms with E-state index in [1.807, 2.05) is 18.1 Å². The fraction of sp³-hybridized carbons (Fsp3) is 0.600. The van der Waals surface area contributed by atoms with Crippen LogP contribution in [0.15, 0.2) is 40.4 Å². The minimum absolute atomic E-state index is 0.716. The van der Waals surface area contributed by atoms with E-state index in [2.05, 4.69) is 65.1 Å². The van der Waals surface area contributed by atoms with E-state index in [0.29, 0.717) is 11.8 Å². The Labute approximate surface area is 141 Å². The quantitative estimate of drug-likeness (QED) is 0.437. The molecular weight excluding hydrogens is 316 g/mol. The van der Waals surface area contributed by atoms with Gasteiger partial charge in [0.1, 0.15) is 0 Å². The molecule has 1 fully saturated rings. The summed E-state index contributed by atoms with van der Waals surface area (Å²) < 4.78 is 3.78. The standard InChI is InChI=1S/C18H26Si.2CH3.Ti/c1-11-9-13(3)17(15(11)5)19(7,8)18-14(4)10-12(2)16(18)6;;;/h13-14H,1-8H3;2*1H3;. The SMILES string of the molecule is CC1=C2C(C)[C](=C1C)[Ti]([CH3])([CH3])[C]1=C(C)C(C)=C(C1C)[Si]2(C)C. The van der Waals surface area contributed by atoms with E-state index < -0.39 is 24.7 Å². The Morgan fingerprint density at radius 1 is 0.682 bits per heavy atom. The van der Waals surface area contributed by atoms with Crippen LogP contribution in [0.3, 0.4) is 0 Å². The number of fused-ring (bicyclic) bond motifs is 4. The molecule has 2 aliphatic carbocycles. The van der Waals surface area contributed by atoms with E-state index >= 15 is 0 Å². The van der Waals surface area contributed by atoms with Gasteiger partial charge in [0.2, 0.25) is 0 Å². The fourth-order valence-corrected chi connectivity index (χ4v) is 20.0. The average Bonchev–Trinajstić information content (AvgIpc) is 2.72. The van der Waals surface area contributed by atoms with Crippen molar-refractivity contribution in [2.75, 3.05) is 0 Å². The summed E-state index contributed by atoms with van der Waals surface area (Å²) in [4.78, 5) is 0. The summed E-state index contributed by atoms with van der Waals surface area (Å²) in [5.74, 6) is 1.43. The van der Waals surface area contributed by atoms with Gasteiger partial charge in [-0.15, -0.1) is 0 Å². The zero-order valence-electron chi connectivity index (χ0n) is 16.2. The van der Waals surface area contributed by atoms with Crippen molar-refractivity contribution in [3.8, 4) is 0 Å². The molecule has 0 nitrogen and oxygen atoms in total. The Kier molecular flexibility index (Phi) is 3.58. The van der Waals surface area contributed by atoms with Gasteiger partial charge >= 0.3 is 142 Å². The minimum atomic E-state index is -2.16. The van der Waals surface area contributed by atoms with Gasteiger partial charge in [-0.3, -0.25) is 0 Å². The molecule has 0 saturated carbocycles. The van der Waals surface area contributed by atoms with Crippen molar-refractivity contribution in [2.45, 2.75) is 65.1 Å². The van der Waals surface area contributed by atoms with Crippen LogP contribution < -0.4 is 0 Å². The number of hydrogen-bond donors (Lipinski definition) is 0. The molecule has 0 aromatic heterocycles. The van der Waals surface area contributed by atoms with Crippen LogP contribution in [0, 0.1) is 11.8 Å². The molecule has 3 rings (SSSR count). The molecule has 120 valence electrons. The van der Waals surface area contributed by atoms with Gasteiger partial charge in [-0.2, -0.15) is 0 Å². The van der Waals surface area contributed by atoms with Crippen molar-refractivity contribution >= 4 is 8.07 Å². The van der Waals surface area contributed by atoms with Crippen LogP contribution in [-0.4, -0.2) is 8.07 Å². The van der Waals surface area contributed by atoms with Gasteiger partial charge in [-0.25, -0.2) is 0 Å². The van der Waals surface area contributed by atoms with Gasteiger partial charge in [0, 0.05) is 0 Å². The predicted octanol–water partition coefficient (Wildman–Crippen LogP) is 6.52. The molecule has 22 heavy (non-hydrogen) atoms. The second-order valence-electron chi connectivity index (χ2n) is 8.85. The van der Waals surface area contributed by atoms with Crippen LogP contribution in [0.4, 0.5) is 0 Å². The molecule has 2 atom stereocenters. The van der Waals surface area contributed by atoms with E-state index in [0.717, 1.165) is 0 Å². The monoisotopic (exact) mass is 348 g/mol. The Hall–Kier alpha value is -0.109. The van der Waals surface area contributed by atoms with Gasteiger partial charge in [-0.1, -0.05) is 0 Å². The molecule has 0 aromatic carbocycles. The molecule has 0 amide bonds. The first-order valence-electron chi connectivity index (χ1n) is 8.81. The summed E-state index contributed by atoms with van der Waals surface area (Å²) >= 11 is -2.16. The molecular formula is C20H32SiTi. The third-order valence-electron chi connectivity index (χ3n) is 7.17. The topological polar surface area (TPSA) is 0 Å². The molecule has 0 spiro atoms. The molecule has 1 saturated heterocycles. The summed E-state index contributed by atoms with van der Waals surface area (Å²) in [5, 5.41) is 9.04. The van der Waals surface area contributed by atoms with Crippen molar-refractivity contribution in [3.63, 3.8) is 0 Å². The Morgan fingerprint density at radius 3 is 1.32 bits per heavy atom. The Morgan fingerprint density at radius 2 is 1.00 bits per heavy atom. The third-order valence-corrected chi connectivity index (χ3v) is 18.2. The van der Waals surface area contributed by atoms with Crippen LogP contribution in [0.25, 0.3) is 0 Å². The van der Waals surface area contributed by atoms with Crippen molar-refractivity contribution in [1.82, 2.24) is 0 Å². The molecule has 4 bridgehead atoms. The first-order chi connectivity index (χ1) is 9.95. The third kappa shape index (κ3) is 1.74. The summed E-state index contributed by atoms with van der Waals surface area (Å²) in [5.41, 5.74) is 6.67. The van der Waals surface area contributed by atoms with Crippen molar-refractivity contribution in [2.24, 2.45) is 11.8 Å². The summed E-state index contributed by atoms with van der Waals surface area (Å²) in [7, 11) is -1.54. The van der Waals surface area contributed by atoms with Gasteiger partial charge in [0.25, 0.3) is 0 Å². The Bertz CT molecular complexity index is 592. The van der Waals surface area contributed by atoms with Crippen molar-refractivity contribution < 1.29 is 16.6 Å². The van der Waals surface area contributed by atoms with E-state index in [1.165, 1.54) is 0 Å². The summed E-state index contributed by atoms with van der Waals surface area (Å²) in [6.45, 7) is 20.0. The zero-order chi connectivity index (χ0) is 16.8. The van der Waals surface area contributed by atoms with E-state index in [4.69, 9.17) is 0 Å². The average molecular weight is 348 g/mol. The summed E-state index contributed by atoms with van der Waals surface area (Å²) in [6.07, 6.45) is 0. The van der Waals surface area contributed by atoms with Crippen LogP contribution in [-0.2, 0) is 16.6 Å². The number of allylic oxidation sites excluding steroid dienone is 8. The molecule has 2 unspecified atom stereocenters. The first-order valence-corrected chi connectivity index (χ1v) is 16.5. The first kappa shape index (κ1) is 16.7. The van der Waals surface area contributed by atoms with Gasteiger partial charge in [0.05, 0.1) is 0 Å². The molecule has 3 aliphatic rings. The predicted molar refractivity (Wildman–Crippen MR) is 98.3 cm³/mol. The van der Waals surface area contributed by atoms with Crippen LogP contribution >= 0.6 is 0 Å². The van der Waals surface area contributed by atoms with Crippen LogP contribution in [0.5, 0.6) is 0 Å². The van der Waals surface area contributed by atoms with Crippen LogP contribution in [0.2, 0.25) is 23.6 Å². The molecule has 1 heterocycles. The van der Waals surface area contributed by atoms with E-state index in [1.54, 1.807) is 22.3 Å². The van der Waals surface area contributed by atoms with Gasteiger partial charge in [0.15, 0.2) is 0 Å². The number of hydrogen-bond acceptors (Lipinski definition) is 0. The second-order valence-corrected chi connectivity index (χ2v) is 19.9. The molecule has 0 aromatic rings. The molecule has 2 heteroatoms. The molecule has 1 aliphatic heterocycles. The van der Waals surface area contributed by atoms with Crippen LogP contribution in [0.1, 0.15) is 41.5 Å². The zero-order valence-corrected chi connectivity index (χ0v) is 18.7. The normalized spacial score (nSPS) is 33.0. The van der Waals surface area contributed by atoms with E-state index in [-0.39, 0.29) is 0 Å². The Balaban J connectivity index is 2.45. The number of rotatable bonds is 0. The van der Waals surface area contributed by atoms with Crippen molar-refractivity contribution in [1.29, 1.82) is 0 Å². The second kappa shape index (κ2) is 4.71. The molecule has 0 radical (unpaired) electrons. The molecule has 0 N–H and O–H groups in total. The van der Waals surface area contributed by atoms with Gasteiger partial charge < -0.3 is 0 Å². The maximum atomic E-state index is 2.66. The van der Waals surface area contributed by atoms with E-state index in [9.17, 15) is 0 Å². The van der Waals surface area contributed by atoms with Gasteiger partial charge in [-0.05, 0) is 0 Å². The maximum absolute atomic E-state index is 2.66.